The number of hydrogen-bond donors (Lipinski definition) is 1. The van der Waals surface area contributed by atoms with Crippen LogP contribution in [-0.4, -0.2) is 61.7 Å². The van der Waals surface area contributed by atoms with Crippen molar-refractivity contribution in [2.75, 3.05) is 39.2 Å². The van der Waals surface area contributed by atoms with Crippen molar-refractivity contribution in [3.63, 3.8) is 0 Å². The van der Waals surface area contributed by atoms with E-state index in [0.29, 0.717) is 34.3 Å². The van der Waals surface area contributed by atoms with E-state index in [-0.39, 0.29) is 30.6 Å². The highest BCUT2D eigenvalue weighted by molar-refractivity contribution is 6.05. The highest BCUT2D eigenvalue weighted by Gasteiger charge is 2.61. The molecule has 1 N–H and O–H groups in total. The van der Waals surface area contributed by atoms with Crippen molar-refractivity contribution < 1.29 is 33.1 Å². The van der Waals surface area contributed by atoms with Gasteiger partial charge in [0.1, 0.15) is 12.4 Å². The molecule has 1 saturated heterocycles. The van der Waals surface area contributed by atoms with E-state index < -0.39 is 11.5 Å². The van der Waals surface area contributed by atoms with Gasteiger partial charge in [-0.3, -0.25) is 4.79 Å². The molecule has 204 valence electrons. The Kier molecular flexibility index (Phi) is 8.72. The Bertz CT molecular complexity index is 1150. The normalized spacial score (nSPS) is 17.9. The SMILES string of the molecule is COC(=O)c1cc(OC)cc(C)c1NC(=O)C1([N+]2(CC(=O)OCc3ccccc3)CCCCCC2)CCC1. The largest absolute Gasteiger partial charge is 0.497 e. The fourth-order valence-electron chi connectivity index (χ4n) is 6.03. The van der Waals surface area contributed by atoms with Crippen LogP contribution in [0.3, 0.4) is 0 Å². The van der Waals surface area contributed by atoms with Crippen LogP contribution in [0.2, 0.25) is 0 Å². The molecule has 2 aliphatic rings. The van der Waals surface area contributed by atoms with Crippen LogP contribution in [-0.2, 0) is 25.7 Å². The van der Waals surface area contributed by atoms with Crippen molar-refractivity contribution in [2.45, 2.75) is 64.0 Å². The summed E-state index contributed by atoms with van der Waals surface area (Å²) in [6.45, 7) is 3.70. The standard InChI is InChI=1S/C30H38N2O6/c1-22-18-24(36-2)19-25(28(34)37-3)27(22)31-29(35)30(14-11-15-30)32(16-9-4-5-10-17-32)20-26(33)38-21-23-12-7-6-8-13-23/h6-8,12-13,18-19H,4-5,9-11,14-17,20-21H2,1-3H3/p+1. The minimum atomic E-state index is -0.754. The summed E-state index contributed by atoms with van der Waals surface area (Å²) in [5, 5.41) is 3.10. The first-order valence-corrected chi connectivity index (χ1v) is 13.5. The summed E-state index contributed by atoms with van der Waals surface area (Å²) < 4.78 is 16.4. The van der Waals surface area contributed by atoms with Gasteiger partial charge in [0, 0.05) is 12.8 Å². The first kappa shape index (κ1) is 27.6. The molecule has 2 aromatic rings. The number of hydrogen-bond acceptors (Lipinski definition) is 6. The maximum atomic E-state index is 14.2. The number of methoxy groups -OCH3 is 2. The molecule has 38 heavy (non-hydrogen) atoms. The average Bonchev–Trinajstić information content (AvgIpc) is 3.14. The zero-order chi connectivity index (χ0) is 27.2. The van der Waals surface area contributed by atoms with Gasteiger partial charge < -0.3 is 24.0 Å². The zero-order valence-electron chi connectivity index (χ0n) is 22.7. The molecule has 0 spiro atoms. The molecule has 1 saturated carbocycles. The predicted molar refractivity (Wildman–Crippen MR) is 144 cm³/mol. The third-order valence-corrected chi connectivity index (χ3v) is 8.30. The number of quaternary nitrogens is 1. The number of aryl methyl sites for hydroxylation is 1. The number of nitrogens with zero attached hydrogens (tertiary/aromatic N) is 1. The molecule has 8 nitrogen and oxygen atoms in total. The second kappa shape index (κ2) is 12.0. The maximum absolute atomic E-state index is 14.2. The number of esters is 2. The van der Waals surface area contributed by atoms with Crippen LogP contribution in [0.1, 0.15) is 66.4 Å². The Hall–Kier alpha value is -3.39. The summed E-state index contributed by atoms with van der Waals surface area (Å²) in [7, 11) is 2.84. The highest BCUT2D eigenvalue weighted by atomic mass is 16.5. The summed E-state index contributed by atoms with van der Waals surface area (Å²) in [4.78, 5) is 40.1. The van der Waals surface area contributed by atoms with Gasteiger partial charge in [0.2, 0.25) is 0 Å². The number of anilines is 1. The quantitative estimate of drug-likeness (QED) is 0.376. The number of carbonyl (C=O) groups excluding carboxylic acids is 3. The van der Waals surface area contributed by atoms with E-state index in [9.17, 15) is 14.4 Å². The molecule has 8 heteroatoms. The molecule has 2 fully saturated rings. The third kappa shape index (κ3) is 5.55. The zero-order valence-corrected chi connectivity index (χ0v) is 22.7. The van der Waals surface area contributed by atoms with Crippen LogP contribution in [0.5, 0.6) is 5.75 Å². The van der Waals surface area contributed by atoms with Crippen LogP contribution in [0.25, 0.3) is 0 Å². The van der Waals surface area contributed by atoms with Crippen molar-refractivity contribution in [3.8, 4) is 5.75 Å². The van der Waals surface area contributed by atoms with E-state index >= 15 is 0 Å². The molecule has 0 unspecified atom stereocenters. The monoisotopic (exact) mass is 523 g/mol. The van der Waals surface area contributed by atoms with Crippen molar-refractivity contribution >= 4 is 23.5 Å². The molecule has 0 atom stereocenters. The highest BCUT2D eigenvalue weighted by Crippen LogP contribution is 2.46. The molecule has 0 aromatic heterocycles. The van der Waals surface area contributed by atoms with Gasteiger partial charge in [-0.25, -0.2) is 9.59 Å². The van der Waals surface area contributed by atoms with Crippen molar-refractivity contribution in [1.29, 1.82) is 0 Å². The first-order chi connectivity index (χ1) is 18.3. The minimum Gasteiger partial charge on any atom is -0.497 e. The van der Waals surface area contributed by atoms with Crippen LogP contribution in [0, 0.1) is 6.92 Å². The lowest BCUT2D eigenvalue weighted by Gasteiger charge is -2.55. The first-order valence-electron chi connectivity index (χ1n) is 13.5. The lowest BCUT2D eigenvalue weighted by Crippen LogP contribution is -2.74. The summed E-state index contributed by atoms with van der Waals surface area (Å²) in [5.74, 6) is -0.477. The van der Waals surface area contributed by atoms with E-state index in [1.54, 1.807) is 12.1 Å². The molecule has 1 amide bonds. The number of amides is 1. The summed E-state index contributed by atoms with van der Waals surface area (Å²) in [5.41, 5.74) is 1.56. The molecule has 1 aliphatic carbocycles. The van der Waals surface area contributed by atoms with Gasteiger partial charge in [0.05, 0.1) is 38.6 Å². The Morgan fingerprint density at radius 3 is 2.21 bits per heavy atom. The van der Waals surface area contributed by atoms with E-state index in [2.05, 4.69) is 5.32 Å². The number of nitrogens with one attached hydrogen (secondary N) is 1. The van der Waals surface area contributed by atoms with Gasteiger partial charge >= 0.3 is 11.9 Å². The topological polar surface area (TPSA) is 90.9 Å². The Balaban J connectivity index is 1.62. The maximum Gasteiger partial charge on any atom is 0.362 e. The molecule has 1 heterocycles. The number of carbonyl (C=O) groups is 3. The average molecular weight is 524 g/mol. The molecule has 0 radical (unpaired) electrons. The van der Waals surface area contributed by atoms with Crippen LogP contribution in [0.4, 0.5) is 5.69 Å². The van der Waals surface area contributed by atoms with E-state index in [4.69, 9.17) is 14.2 Å². The van der Waals surface area contributed by atoms with Crippen LogP contribution in [0.15, 0.2) is 42.5 Å². The molecular weight excluding hydrogens is 484 g/mol. The van der Waals surface area contributed by atoms with Crippen molar-refractivity contribution in [2.24, 2.45) is 0 Å². The van der Waals surface area contributed by atoms with Gasteiger partial charge in [-0.2, -0.15) is 0 Å². The van der Waals surface area contributed by atoms with Crippen LogP contribution < -0.4 is 10.1 Å². The second-order valence-corrected chi connectivity index (χ2v) is 10.5. The number of benzene rings is 2. The lowest BCUT2D eigenvalue weighted by molar-refractivity contribution is -0.965. The predicted octanol–water partition coefficient (Wildman–Crippen LogP) is 4.79. The molecular formula is C30H39N2O6+. The molecule has 4 rings (SSSR count). The lowest BCUT2D eigenvalue weighted by atomic mass is 9.71. The number of rotatable bonds is 9. The van der Waals surface area contributed by atoms with E-state index in [1.165, 1.54) is 14.2 Å². The van der Waals surface area contributed by atoms with E-state index in [0.717, 1.165) is 50.8 Å². The Morgan fingerprint density at radius 1 is 0.947 bits per heavy atom. The fraction of sp³-hybridized carbons (Fsp3) is 0.500. The third-order valence-electron chi connectivity index (χ3n) is 8.30. The van der Waals surface area contributed by atoms with Crippen LogP contribution >= 0.6 is 0 Å². The molecule has 2 aromatic carbocycles. The summed E-state index contributed by atoms with van der Waals surface area (Å²) in [6.07, 6.45) is 6.37. The summed E-state index contributed by atoms with van der Waals surface area (Å²) >= 11 is 0. The van der Waals surface area contributed by atoms with Gasteiger partial charge in [0.25, 0.3) is 5.91 Å². The fourth-order valence-corrected chi connectivity index (χ4v) is 6.03. The van der Waals surface area contributed by atoms with Crippen molar-refractivity contribution in [3.05, 3.63) is 59.2 Å². The molecule has 1 aliphatic heterocycles. The smallest absolute Gasteiger partial charge is 0.362 e. The molecule has 0 bridgehead atoms. The van der Waals surface area contributed by atoms with E-state index in [1.807, 2.05) is 37.3 Å². The Morgan fingerprint density at radius 2 is 1.63 bits per heavy atom. The van der Waals surface area contributed by atoms with Gasteiger partial charge in [-0.05, 0) is 62.3 Å². The van der Waals surface area contributed by atoms with Gasteiger partial charge in [-0.15, -0.1) is 0 Å². The second-order valence-electron chi connectivity index (χ2n) is 10.5. The van der Waals surface area contributed by atoms with Gasteiger partial charge in [0.15, 0.2) is 12.1 Å². The van der Waals surface area contributed by atoms with Gasteiger partial charge in [-0.1, -0.05) is 30.3 Å². The summed E-state index contributed by atoms with van der Waals surface area (Å²) in [6, 6.07) is 13.0. The number of ether oxygens (including phenoxy) is 3. The Labute approximate surface area is 224 Å². The van der Waals surface area contributed by atoms with Crippen molar-refractivity contribution in [1.82, 2.24) is 0 Å². The number of likely N-dealkylation sites (tertiary alicyclic amines) is 1. The minimum absolute atomic E-state index is 0.153.